The fourth-order valence-corrected chi connectivity index (χ4v) is 3.79. The smallest absolute Gasteiger partial charge is 0.336 e. The second-order valence-electron chi connectivity index (χ2n) is 6.83. The van der Waals surface area contributed by atoms with E-state index >= 15 is 0 Å². The number of piperidine rings is 1. The summed E-state index contributed by atoms with van der Waals surface area (Å²) in [5.41, 5.74) is 2.83. The Morgan fingerprint density at radius 2 is 1.89 bits per heavy atom. The third-order valence-corrected chi connectivity index (χ3v) is 5.17. The van der Waals surface area contributed by atoms with E-state index in [-0.39, 0.29) is 5.75 Å². The second kappa shape index (κ2) is 7.53. The molecule has 3 aromatic rings. The van der Waals surface area contributed by atoms with E-state index in [4.69, 9.17) is 16.0 Å². The van der Waals surface area contributed by atoms with Crippen LogP contribution in [0.4, 0.5) is 11.4 Å². The molecule has 0 amide bonds. The molecule has 140 valence electrons. The van der Waals surface area contributed by atoms with E-state index in [1.54, 1.807) is 12.1 Å². The third kappa shape index (κ3) is 3.88. The molecule has 0 unspecified atom stereocenters. The molecule has 5 nitrogen and oxygen atoms in total. The molecule has 2 N–H and O–H groups in total. The van der Waals surface area contributed by atoms with Crippen molar-refractivity contribution in [2.24, 2.45) is 0 Å². The van der Waals surface area contributed by atoms with Crippen LogP contribution in [0.5, 0.6) is 5.75 Å². The van der Waals surface area contributed by atoms with Crippen molar-refractivity contribution in [3.05, 3.63) is 63.5 Å². The second-order valence-corrected chi connectivity index (χ2v) is 7.27. The van der Waals surface area contributed by atoms with Crippen molar-refractivity contribution in [2.75, 3.05) is 23.3 Å². The van der Waals surface area contributed by atoms with Crippen LogP contribution in [-0.4, -0.2) is 18.2 Å². The minimum atomic E-state index is -0.438. The van der Waals surface area contributed by atoms with Crippen LogP contribution in [-0.2, 0) is 6.54 Å². The van der Waals surface area contributed by atoms with Gasteiger partial charge in [-0.25, -0.2) is 4.79 Å². The van der Waals surface area contributed by atoms with E-state index < -0.39 is 5.63 Å². The first kappa shape index (κ1) is 17.7. The normalized spacial score (nSPS) is 14.5. The molecule has 1 aliphatic rings. The van der Waals surface area contributed by atoms with Gasteiger partial charge in [0, 0.05) is 42.2 Å². The number of benzene rings is 2. The fourth-order valence-electron chi connectivity index (χ4n) is 3.62. The number of fused-ring (bicyclic) bond motifs is 1. The maximum absolute atomic E-state index is 11.9. The van der Waals surface area contributed by atoms with Crippen LogP contribution < -0.4 is 15.8 Å². The first-order valence-corrected chi connectivity index (χ1v) is 9.52. The summed E-state index contributed by atoms with van der Waals surface area (Å²) in [4.78, 5) is 14.3. The van der Waals surface area contributed by atoms with Crippen LogP contribution in [0.1, 0.15) is 24.8 Å². The monoisotopic (exact) mass is 384 g/mol. The van der Waals surface area contributed by atoms with Crippen molar-refractivity contribution < 1.29 is 9.52 Å². The maximum Gasteiger partial charge on any atom is 0.336 e. The van der Waals surface area contributed by atoms with Crippen LogP contribution in [0.15, 0.2) is 51.7 Å². The number of nitrogens with zero attached hydrogens (tertiary/aromatic N) is 1. The fraction of sp³-hybridized carbons (Fsp3) is 0.286. The largest absolute Gasteiger partial charge is 0.508 e. The highest BCUT2D eigenvalue weighted by molar-refractivity contribution is 6.31. The van der Waals surface area contributed by atoms with Crippen LogP contribution in [0.3, 0.4) is 0 Å². The van der Waals surface area contributed by atoms with Gasteiger partial charge in [-0.15, -0.1) is 0 Å². The average Bonchev–Trinajstić information content (AvgIpc) is 2.66. The summed E-state index contributed by atoms with van der Waals surface area (Å²) in [6, 6.07) is 12.2. The van der Waals surface area contributed by atoms with Gasteiger partial charge >= 0.3 is 5.63 Å². The molecule has 0 saturated carbocycles. The topological polar surface area (TPSA) is 65.7 Å². The highest BCUT2D eigenvalue weighted by Gasteiger charge is 2.15. The number of halogens is 1. The Bertz CT molecular complexity index is 1030. The lowest BCUT2D eigenvalue weighted by atomic mass is 10.1. The Morgan fingerprint density at radius 1 is 1.07 bits per heavy atom. The molecule has 1 aliphatic heterocycles. The van der Waals surface area contributed by atoms with Gasteiger partial charge in [-0.2, -0.15) is 0 Å². The summed E-state index contributed by atoms with van der Waals surface area (Å²) in [7, 11) is 0. The van der Waals surface area contributed by atoms with Crippen molar-refractivity contribution >= 4 is 33.9 Å². The number of hydrogen-bond acceptors (Lipinski definition) is 5. The summed E-state index contributed by atoms with van der Waals surface area (Å²) < 4.78 is 5.20. The number of phenolic OH excluding ortho intramolecular Hbond substituents is 1. The molecule has 27 heavy (non-hydrogen) atoms. The summed E-state index contributed by atoms with van der Waals surface area (Å²) in [6.07, 6.45) is 3.65. The van der Waals surface area contributed by atoms with E-state index in [1.807, 2.05) is 18.2 Å². The van der Waals surface area contributed by atoms with Crippen molar-refractivity contribution in [1.29, 1.82) is 0 Å². The van der Waals surface area contributed by atoms with E-state index in [9.17, 15) is 9.90 Å². The van der Waals surface area contributed by atoms with E-state index in [0.717, 1.165) is 35.4 Å². The highest BCUT2D eigenvalue weighted by atomic mass is 35.5. The zero-order valence-electron chi connectivity index (χ0n) is 14.9. The van der Waals surface area contributed by atoms with Crippen molar-refractivity contribution in [2.45, 2.75) is 25.8 Å². The Morgan fingerprint density at radius 3 is 2.70 bits per heavy atom. The predicted molar refractivity (Wildman–Crippen MR) is 109 cm³/mol. The molecule has 0 atom stereocenters. The standard InChI is InChI=1S/C21H21ClN2O3/c22-15-4-7-19(24-8-2-1-3-9-24)18(11-15)23-13-14-10-21(26)27-20-12-16(25)5-6-17(14)20/h4-7,10-12,23,25H,1-3,8-9,13H2. The van der Waals surface area contributed by atoms with Crippen molar-refractivity contribution in [3.8, 4) is 5.75 Å². The minimum absolute atomic E-state index is 0.0676. The van der Waals surface area contributed by atoms with E-state index in [0.29, 0.717) is 17.2 Å². The lowest BCUT2D eigenvalue weighted by Gasteiger charge is -2.31. The van der Waals surface area contributed by atoms with E-state index in [1.165, 1.54) is 31.4 Å². The molecule has 1 aromatic heterocycles. The average molecular weight is 385 g/mol. The van der Waals surface area contributed by atoms with Gasteiger partial charge in [0.25, 0.3) is 0 Å². The predicted octanol–water partition coefficient (Wildman–Crippen LogP) is 4.75. The summed E-state index contributed by atoms with van der Waals surface area (Å²) in [5.74, 6) is 0.0676. The first-order chi connectivity index (χ1) is 13.1. The Kier molecular flexibility index (Phi) is 4.94. The third-order valence-electron chi connectivity index (χ3n) is 4.94. The summed E-state index contributed by atoms with van der Waals surface area (Å²) in [6.45, 7) is 2.52. The quantitative estimate of drug-likeness (QED) is 0.635. The van der Waals surface area contributed by atoms with Crippen LogP contribution in [0.2, 0.25) is 5.02 Å². The number of rotatable bonds is 4. The van der Waals surface area contributed by atoms with Crippen molar-refractivity contribution in [3.63, 3.8) is 0 Å². The molecular formula is C21H21ClN2O3. The highest BCUT2D eigenvalue weighted by Crippen LogP contribution is 2.32. The molecule has 6 heteroatoms. The number of phenols is 1. The van der Waals surface area contributed by atoms with Gasteiger partial charge in [-0.3, -0.25) is 0 Å². The molecule has 1 fully saturated rings. The molecule has 0 radical (unpaired) electrons. The van der Waals surface area contributed by atoms with Gasteiger partial charge < -0.3 is 19.7 Å². The maximum atomic E-state index is 11.9. The number of nitrogens with one attached hydrogen (secondary N) is 1. The van der Waals surface area contributed by atoms with Gasteiger partial charge in [0.2, 0.25) is 0 Å². The molecule has 1 saturated heterocycles. The Balaban J connectivity index is 1.65. The van der Waals surface area contributed by atoms with Gasteiger partial charge in [-0.1, -0.05) is 11.6 Å². The molecule has 0 spiro atoms. The number of hydrogen-bond donors (Lipinski definition) is 2. The Labute approximate surface area is 162 Å². The summed E-state index contributed by atoms with van der Waals surface area (Å²) >= 11 is 6.22. The van der Waals surface area contributed by atoms with Crippen LogP contribution >= 0.6 is 11.6 Å². The number of anilines is 2. The van der Waals surface area contributed by atoms with E-state index in [2.05, 4.69) is 10.2 Å². The molecule has 0 aliphatic carbocycles. The van der Waals surface area contributed by atoms with Gasteiger partial charge in [0.1, 0.15) is 11.3 Å². The first-order valence-electron chi connectivity index (χ1n) is 9.14. The molecule has 2 heterocycles. The SMILES string of the molecule is O=c1cc(CNc2cc(Cl)ccc2N2CCCCC2)c2ccc(O)cc2o1. The zero-order chi connectivity index (χ0) is 18.8. The lowest BCUT2D eigenvalue weighted by Crippen LogP contribution is -2.30. The molecule has 4 rings (SSSR count). The number of aromatic hydroxyl groups is 1. The zero-order valence-corrected chi connectivity index (χ0v) is 15.6. The minimum Gasteiger partial charge on any atom is -0.508 e. The van der Waals surface area contributed by atoms with Gasteiger partial charge in [0.15, 0.2) is 0 Å². The molecule has 0 bridgehead atoms. The Hall–Kier alpha value is -2.66. The van der Waals surface area contributed by atoms with Crippen LogP contribution in [0, 0.1) is 0 Å². The lowest BCUT2D eigenvalue weighted by molar-refractivity contribution is 0.473. The van der Waals surface area contributed by atoms with Crippen LogP contribution in [0.25, 0.3) is 11.0 Å². The summed E-state index contributed by atoms with van der Waals surface area (Å²) in [5, 5.41) is 14.5. The van der Waals surface area contributed by atoms with Gasteiger partial charge in [-0.05, 0) is 55.2 Å². The van der Waals surface area contributed by atoms with Gasteiger partial charge in [0.05, 0.1) is 11.4 Å². The molecule has 2 aromatic carbocycles. The van der Waals surface area contributed by atoms with Crippen molar-refractivity contribution in [1.82, 2.24) is 0 Å². The molecular weight excluding hydrogens is 364 g/mol.